The van der Waals surface area contributed by atoms with Crippen molar-refractivity contribution < 1.29 is 4.79 Å². The average molecular weight is 250 g/mol. The van der Waals surface area contributed by atoms with E-state index in [9.17, 15) is 4.79 Å². The van der Waals surface area contributed by atoms with Crippen molar-refractivity contribution in [1.29, 1.82) is 0 Å². The minimum Gasteiger partial charge on any atom is -0.289 e. The summed E-state index contributed by atoms with van der Waals surface area (Å²) in [6.07, 6.45) is 1.10. The van der Waals surface area contributed by atoms with Gasteiger partial charge >= 0.3 is 0 Å². The van der Waals surface area contributed by atoms with Crippen LogP contribution in [0.3, 0.4) is 0 Å². The summed E-state index contributed by atoms with van der Waals surface area (Å²) in [6.45, 7) is 6.41. The maximum Gasteiger partial charge on any atom is 0.194 e. The number of hydrogen-bond acceptors (Lipinski definition) is 1. The summed E-state index contributed by atoms with van der Waals surface area (Å²) in [5.41, 5.74) is 6.31. The van der Waals surface area contributed by atoms with Crippen LogP contribution in [-0.4, -0.2) is 5.78 Å². The van der Waals surface area contributed by atoms with Gasteiger partial charge < -0.3 is 0 Å². The first-order valence-electron chi connectivity index (χ1n) is 6.91. The predicted octanol–water partition coefficient (Wildman–Crippen LogP) is 4.72. The first-order valence-corrected chi connectivity index (χ1v) is 6.91. The number of hydrogen-bond donors (Lipinski definition) is 0. The lowest BCUT2D eigenvalue weighted by Crippen LogP contribution is -1.98. The monoisotopic (exact) mass is 250 g/mol. The van der Waals surface area contributed by atoms with Crippen LogP contribution in [0.4, 0.5) is 0 Å². The smallest absolute Gasteiger partial charge is 0.194 e. The molecule has 0 bridgehead atoms. The second kappa shape index (κ2) is 4.34. The molecule has 0 aliphatic heterocycles. The normalized spacial score (nSPS) is 14.2. The third-order valence-corrected chi connectivity index (χ3v) is 4.18. The van der Waals surface area contributed by atoms with Crippen molar-refractivity contribution in [2.24, 2.45) is 0 Å². The van der Waals surface area contributed by atoms with Crippen molar-refractivity contribution in [2.45, 2.75) is 33.1 Å². The van der Waals surface area contributed by atoms with E-state index in [-0.39, 0.29) is 5.78 Å². The number of ketones is 1. The van der Waals surface area contributed by atoms with Gasteiger partial charge in [-0.1, -0.05) is 43.7 Å². The van der Waals surface area contributed by atoms with Crippen LogP contribution in [0.15, 0.2) is 36.4 Å². The molecule has 1 aliphatic rings. The molecule has 0 radical (unpaired) electrons. The summed E-state index contributed by atoms with van der Waals surface area (Å²) in [5, 5.41) is 0. The molecule has 1 heteroatoms. The third-order valence-electron chi connectivity index (χ3n) is 4.18. The molecular weight excluding hydrogens is 232 g/mol. The molecule has 1 atom stereocenters. The Kier molecular flexibility index (Phi) is 2.78. The Labute approximate surface area is 114 Å². The quantitative estimate of drug-likeness (QED) is 0.643. The molecule has 2 aromatic carbocycles. The van der Waals surface area contributed by atoms with Gasteiger partial charge in [-0.15, -0.1) is 0 Å². The molecule has 1 nitrogen and oxygen atoms in total. The molecule has 0 saturated carbocycles. The Morgan fingerprint density at radius 3 is 2.26 bits per heavy atom. The summed E-state index contributed by atoms with van der Waals surface area (Å²) < 4.78 is 0. The summed E-state index contributed by atoms with van der Waals surface area (Å²) in [6, 6.07) is 12.5. The number of benzene rings is 2. The lowest BCUT2D eigenvalue weighted by Gasteiger charge is -2.10. The molecule has 3 rings (SSSR count). The van der Waals surface area contributed by atoms with Crippen LogP contribution in [0.1, 0.15) is 53.2 Å². The van der Waals surface area contributed by atoms with Gasteiger partial charge in [-0.2, -0.15) is 0 Å². The van der Waals surface area contributed by atoms with Crippen LogP contribution in [0, 0.1) is 6.92 Å². The Balaban J connectivity index is 2.16. The van der Waals surface area contributed by atoms with Crippen molar-refractivity contribution >= 4 is 5.78 Å². The molecule has 96 valence electrons. The molecule has 1 aliphatic carbocycles. The summed E-state index contributed by atoms with van der Waals surface area (Å²) in [5.74, 6) is 0.683. The second-order valence-corrected chi connectivity index (χ2v) is 5.49. The summed E-state index contributed by atoms with van der Waals surface area (Å²) in [4.78, 5) is 12.5. The van der Waals surface area contributed by atoms with Gasteiger partial charge in [0, 0.05) is 11.1 Å². The van der Waals surface area contributed by atoms with Crippen LogP contribution in [0.2, 0.25) is 0 Å². The SMILES string of the molecule is CCC(C)c1ccc2c(c1)C(=O)c1cc(C)ccc1-2. The maximum atomic E-state index is 12.5. The van der Waals surface area contributed by atoms with Crippen LogP contribution in [0.5, 0.6) is 0 Å². The van der Waals surface area contributed by atoms with Gasteiger partial charge in [0.1, 0.15) is 0 Å². The van der Waals surface area contributed by atoms with E-state index < -0.39 is 0 Å². The molecule has 1 unspecified atom stereocenters. The molecule has 0 aromatic heterocycles. The van der Waals surface area contributed by atoms with Crippen molar-refractivity contribution in [1.82, 2.24) is 0 Å². The molecule has 0 heterocycles. The van der Waals surface area contributed by atoms with E-state index in [1.54, 1.807) is 0 Å². The van der Waals surface area contributed by atoms with Gasteiger partial charge in [0.25, 0.3) is 0 Å². The number of aryl methyl sites for hydroxylation is 1. The van der Waals surface area contributed by atoms with Crippen LogP contribution >= 0.6 is 0 Å². The van der Waals surface area contributed by atoms with E-state index in [4.69, 9.17) is 0 Å². The zero-order valence-electron chi connectivity index (χ0n) is 11.7. The first kappa shape index (κ1) is 12.2. The van der Waals surface area contributed by atoms with Crippen molar-refractivity contribution in [2.75, 3.05) is 0 Å². The van der Waals surface area contributed by atoms with Crippen LogP contribution in [0.25, 0.3) is 11.1 Å². The molecule has 0 amide bonds. The highest BCUT2D eigenvalue weighted by Crippen LogP contribution is 2.38. The van der Waals surface area contributed by atoms with Gasteiger partial charge in [-0.25, -0.2) is 0 Å². The zero-order chi connectivity index (χ0) is 13.6. The minimum atomic E-state index is 0.179. The molecule has 2 aromatic rings. The molecule has 0 fully saturated rings. The van der Waals surface area contributed by atoms with Gasteiger partial charge in [-0.3, -0.25) is 4.79 Å². The average Bonchev–Trinajstić information content (AvgIpc) is 2.71. The summed E-state index contributed by atoms with van der Waals surface area (Å²) in [7, 11) is 0. The minimum absolute atomic E-state index is 0.179. The van der Waals surface area contributed by atoms with Crippen LogP contribution < -0.4 is 0 Å². The second-order valence-electron chi connectivity index (χ2n) is 5.49. The van der Waals surface area contributed by atoms with Crippen molar-refractivity contribution in [3.05, 3.63) is 58.7 Å². The predicted molar refractivity (Wildman–Crippen MR) is 78.8 cm³/mol. The van der Waals surface area contributed by atoms with Crippen molar-refractivity contribution in [3.8, 4) is 11.1 Å². The van der Waals surface area contributed by atoms with Gasteiger partial charge in [0.05, 0.1) is 0 Å². The number of fused-ring (bicyclic) bond motifs is 3. The van der Waals surface area contributed by atoms with Gasteiger partial charge in [-0.05, 0) is 48.1 Å². The molecule has 19 heavy (non-hydrogen) atoms. The van der Waals surface area contributed by atoms with E-state index in [0.29, 0.717) is 5.92 Å². The van der Waals surface area contributed by atoms with Gasteiger partial charge in [0.15, 0.2) is 5.78 Å². The number of carbonyl (C=O) groups excluding carboxylic acids is 1. The van der Waals surface area contributed by atoms with E-state index in [2.05, 4.69) is 44.2 Å². The highest BCUT2D eigenvalue weighted by atomic mass is 16.1. The first-order chi connectivity index (χ1) is 9.11. The fourth-order valence-electron chi connectivity index (χ4n) is 2.75. The van der Waals surface area contributed by atoms with Crippen molar-refractivity contribution in [3.63, 3.8) is 0 Å². The number of rotatable bonds is 2. The largest absolute Gasteiger partial charge is 0.289 e. The lowest BCUT2D eigenvalue weighted by molar-refractivity contribution is 0.104. The highest BCUT2D eigenvalue weighted by Gasteiger charge is 2.27. The standard InChI is InChI=1S/C18H18O/c1-4-12(3)13-6-8-15-14-7-5-11(2)9-16(14)18(19)17(15)10-13/h5-10,12H,4H2,1-3H3. The lowest BCUT2D eigenvalue weighted by atomic mass is 9.94. The molecule has 0 N–H and O–H groups in total. The Morgan fingerprint density at radius 1 is 0.947 bits per heavy atom. The van der Waals surface area contributed by atoms with E-state index in [1.165, 1.54) is 5.56 Å². The van der Waals surface area contributed by atoms with E-state index >= 15 is 0 Å². The fraction of sp³-hybridized carbons (Fsp3) is 0.278. The topological polar surface area (TPSA) is 17.1 Å². The van der Waals surface area contributed by atoms with E-state index in [0.717, 1.165) is 34.2 Å². The molecule has 0 spiro atoms. The van der Waals surface area contributed by atoms with E-state index in [1.807, 2.05) is 13.0 Å². The van der Waals surface area contributed by atoms with Gasteiger partial charge in [0.2, 0.25) is 0 Å². The fourth-order valence-corrected chi connectivity index (χ4v) is 2.75. The Hall–Kier alpha value is -1.89. The third kappa shape index (κ3) is 1.81. The molecular formula is C18H18O. The Bertz CT molecular complexity index is 667. The number of carbonyl (C=O) groups is 1. The van der Waals surface area contributed by atoms with Crippen LogP contribution in [-0.2, 0) is 0 Å². The Morgan fingerprint density at radius 2 is 1.58 bits per heavy atom. The summed E-state index contributed by atoms with van der Waals surface area (Å²) >= 11 is 0. The highest BCUT2D eigenvalue weighted by molar-refractivity contribution is 6.21. The maximum absolute atomic E-state index is 12.5. The molecule has 0 saturated heterocycles. The zero-order valence-corrected chi connectivity index (χ0v) is 11.7.